The third kappa shape index (κ3) is 7.50. The van der Waals surface area contributed by atoms with Gasteiger partial charge in [0.25, 0.3) is 11.8 Å². The van der Waals surface area contributed by atoms with E-state index in [1.807, 2.05) is 6.92 Å². The second-order valence-corrected chi connectivity index (χ2v) is 9.66. The number of carbonyl (C=O) groups excluding carboxylic acids is 2. The van der Waals surface area contributed by atoms with Gasteiger partial charge in [0.2, 0.25) is 0 Å². The summed E-state index contributed by atoms with van der Waals surface area (Å²) in [6.45, 7) is 8.45. The predicted molar refractivity (Wildman–Crippen MR) is 131 cm³/mol. The Morgan fingerprint density at radius 1 is 1.22 bits per heavy atom. The summed E-state index contributed by atoms with van der Waals surface area (Å²) in [6, 6.07) is 6.13. The summed E-state index contributed by atoms with van der Waals surface area (Å²) in [5, 5.41) is 5.62. The number of rotatable bonds is 7. The number of nitrogens with one attached hydrogen (secondary N) is 2. The maximum absolute atomic E-state index is 14.3. The number of alkyl carbamates (subject to hydrolysis) is 1. The molecule has 0 bridgehead atoms. The van der Waals surface area contributed by atoms with E-state index in [2.05, 4.69) is 20.6 Å². The zero-order chi connectivity index (χ0) is 26.5. The molecule has 36 heavy (non-hydrogen) atoms. The molecule has 2 aromatic rings. The summed E-state index contributed by atoms with van der Waals surface area (Å²) in [5.74, 6) is -2.26. The number of aryl methyl sites for hydroxylation is 1. The normalized spacial score (nSPS) is 17.3. The number of ether oxygens (including phenoxy) is 2. The molecule has 1 aliphatic heterocycles. The Kier molecular flexibility index (Phi) is 8.31. The van der Waals surface area contributed by atoms with Crippen LogP contribution in [-0.2, 0) is 4.74 Å². The Morgan fingerprint density at radius 3 is 2.67 bits per heavy atom. The summed E-state index contributed by atoms with van der Waals surface area (Å²) in [5.41, 5.74) is -0.125. The van der Waals surface area contributed by atoms with Gasteiger partial charge >= 0.3 is 6.09 Å². The fourth-order valence-electron chi connectivity index (χ4n) is 3.77. The van der Waals surface area contributed by atoms with E-state index >= 15 is 0 Å². The molecule has 2 amide bonds. The van der Waals surface area contributed by atoms with Gasteiger partial charge in [0.1, 0.15) is 28.7 Å². The summed E-state index contributed by atoms with van der Waals surface area (Å²) in [7, 11) is 0. The van der Waals surface area contributed by atoms with Crippen molar-refractivity contribution in [1.29, 1.82) is 0 Å². The molecule has 2 N–H and O–H groups in total. The van der Waals surface area contributed by atoms with Gasteiger partial charge in [-0.05, 0) is 58.7 Å². The number of halogens is 2. The second kappa shape index (κ2) is 11.0. The molecule has 3 rings (SSSR count). The number of piperidine rings is 1. The topological polar surface area (TPSA) is 106 Å². The van der Waals surface area contributed by atoms with Gasteiger partial charge in [-0.1, -0.05) is 6.07 Å². The van der Waals surface area contributed by atoms with Crippen LogP contribution in [0.5, 0.6) is 5.75 Å². The molecule has 1 aliphatic rings. The first-order valence-corrected chi connectivity index (χ1v) is 11.9. The Labute approximate surface area is 209 Å². The van der Waals surface area contributed by atoms with Crippen LogP contribution in [0.4, 0.5) is 25.2 Å². The molecule has 0 aliphatic carbocycles. The zero-order valence-corrected chi connectivity index (χ0v) is 21.2. The van der Waals surface area contributed by atoms with E-state index in [0.29, 0.717) is 29.6 Å². The number of hydrogen-bond donors (Lipinski definition) is 2. The van der Waals surface area contributed by atoms with E-state index in [-0.39, 0.29) is 25.1 Å². The van der Waals surface area contributed by atoms with E-state index in [1.54, 1.807) is 58.2 Å². The summed E-state index contributed by atoms with van der Waals surface area (Å²) < 4.78 is 39.4. The van der Waals surface area contributed by atoms with Gasteiger partial charge in [-0.2, -0.15) is 0 Å². The molecule has 1 saturated heterocycles. The predicted octanol–water partition coefficient (Wildman–Crippen LogP) is 4.69. The third-order valence-corrected chi connectivity index (χ3v) is 5.43. The van der Waals surface area contributed by atoms with Gasteiger partial charge in [0.15, 0.2) is 0 Å². The van der Waals surface area contributed by atoms with E-state index in [9.17, 15) is 18.4 Å². The van der Waals surface area contributed by atoms with Crippen LogP contribution in [0.3, 0.4) is 0 Å². The first kappa shape index (κ1) is 27.1. The Morgan fingerprint density at radius 2 is 1.97 bits per heavy atom. The monoisotopic (exact) mass is 505 g/mol. The van der Waals surface area contributed by atoms with Gasteiger partial charge < -0.3 is 25.0 Å². The van der Waals surface area contributed by atoms with Crippen LogP contribution >= 0.6 is 0 Å². The Hall–Kier alpha value is -3.50. The van der Waals surface area contributed by atoms with E-state index < -0.39 is 36.1 Å². The van der Waals surface area contributed by atoms with Crippen molar-refractivity contribution in [2.75, 3.05) is 25.0 Å². The number of aromatic nitrogens is 2. The van der Waals surface area contributed by atoms with E-state index in [1.165, 1.54) is 0 Å². The number of amides is 2. The molecule has 2 aromatic heterocycles. The molecule has 0 radical (unpaired) electrons. The number of nitrogens with zero attached hydrogens (tertiary/aromatic N) is 3. The SMILES string of the molecule is CCOc1ccnc(Nc2ccc(C)c(C(=O)N3CC(F)(F)CCC3CNC(=O)OC(C)(C)C)n2)c1. The molecule has 1 fully saturated rings. The standard InChI is InChI=1S/C25H33F2N5O4/c1-6-35-18-10-12-28-20(13-18)30-19-8-7-16(2)21(31-19)22(33)32-15-25(26,27)11-9-17(32)14-29-23(34)36-24(3,4)5/h7-8,10,12-13,17H,6,9,11,14-15H2,1-5H3,(H,29,34)(H,28,30,31). The van der Waals surface area contributed by atoms with Crippen molar-refractivity contribution in [1.82, 2.24) is 20.2 Å². The summed E-state index contributed by atoms with van der Waals surface area (Å²) in [6.07, 6.45) is 0.549. The van der Waals surface area contributed by atoms with E-state index in [4.69, 9.17) is 9.47 Å². The number of carbonyl (C=O) groups is 2. The molecule has 0 saturated carbocycles. The molecule has 0 aromatic carbocycles. The number of anilines is 2. The van der Waals surface area contributed by atoms with Gasteiger partial charge in [-0.3, -0.25) is 4.79 Å². The first-order valence-electron chi connectivity index (χ1n) is 11.9. The number of hydrogen-bond acceptors (Lipinski definition) is 7. The average molecular weight is 506 g/mol. The third-order valence-electron chi connectivity index (χ3n) is 5.43. The van der Waals surface area contributed by atoms with Crippen LogP contribution in [0.1, 0.15) is 56.6 Å². The highest BCUT2D eigenvalue weighted by Gasteiger charge is 2.43. The molecule has 1 unspecified atom stereocenters. The minimum absolute atomic E-state index is 0.0120. The smallest absolute Gasteiger partial charge is 0.407 e. The van der Waals surface area contributed by atoms with Crippen molar-refractivity contribution in [3.63, 3.8) is 0 Å². The van der Waals surface area contributed by atoms with E-state index in [0.717, 1.165) is 4.90 Å². The van der Waals surface area contributed by atoms with Gasteiger partial charge in [-0.25, -0.2) is 23.5 Å². The fraction of sp³-hybridized carbons (Fsp3) is 0.520. The highest BCUT2D eigenvalue weighted by Crippen LogP contribution is 2.31. The minimum atomic E-state index is -3.04. The average Bonchev–Trinajstić information content (AvgIpc) is 2.78. The number of alkyl halides is 2. The van der Waals surface area contributed by atoms with Crippen LogP contribution in [0.25, 0.3) is 0 Å². The maximum Gasteiger partial charge on any atom is 0.407 e. The molecule has 3 heterocycles. The van der Waals surface area contributed by atoms with Crippen LogP contribution in [0, 0.1) is 6.92 Å². The van der Waals surface area contributed by atoms with Crippen molar-refractivity contribution < 1.29 is 27.8 Å². The lowest BCUT2D eigenvalue weighted by Crippen LogP contribution is -2.55. The highest BCUT2D eigenvalue weighted by molar-refractivity contribution is 5.94. The quantitative estimate of drug-likeness (QED) is 0.562. The molecule has 1 atom stereocenters. The number of likely N-dealkylation sites (tertiary alicyclic amines) is 1. The molecular weight excluding hydrogens is 472 g/mol. The summed E-state index contributed by atoms with van der Waals surface area (Å²) >= 11 is 0. The molecule has 196 valence electrons. The second-order valence-electron chi connectivity index (χ2n) is 9.66. The van der Waals surface area contributed by atoms with Gasteiger partial charge in [-0.15, -0.1) is 0 Å². The fourth-order valence-corrected chi connectivity index (χ4v) is 3.77. The minimum Gasteiger partial charge on any atom is -0.494 e. The largest absolute Gasteiger partial charge is 0.494 e. The molecule has 0 spiro atoms. The first-order chi connectivity index (χ1) is 16.9. The van der Waals surface area contributed by atoms with Crippen molar-refractivity contribution >= 4 is 23.6 Å². The van der Waals surface area contributed by atoms with Crippen molar-refractivity contribution in [2.24, 2.45) is 0 Å². The zero-order valence-electron chi connectivity index (χ0n) is 21.2. The van der Waals surface area contributed by atoms with Crippen molar-refractivity contribution in [2.45, 2.75) is 65.0 Å². The van der Waals surface area contributed by atoms with Crippen LogP contribution < -0.4 is 15.4 Å². The highest BCUT2D eigenvalue weighted by atomic mass is 19.3. The lowest BCUT2D eigenvalue weighted by Gasteiger charge is -2.39. The van der Waals surface area contributed by atoms with Crippen molar-refractivity contribution in [3.8, 4) is 5.75 Å². The van der Waals surface area contributed by atoms with Gasteiger partial charge in [0, 0.05) is 25.2 Å². The van der Waals surface area contributed by atoms with Crippen LogP contribution in [0.15, 0.2) is 30.5 Å². The van der Waals surface area contributed by atoms with Crippen LogP contribution in [0.2, 0.25) is 0 Å². The molecular formula is C25H33F2N5O4. The lowest BCUT2D eigenvalue weighted by molar-refractivity contribution is -0.0718. The summed E-state index contributed by atoms with van der Waals surface area (Å²) in [4.78, 5) is 35.3. The van der Waals surface area contributed by atoms with Crippen molar-refractivity contribution in [3.05, 3.63) is 41.7 Å². The molecule has 11 heteroatoms. The van der Waals surface area contributed by atoms with Crippen LogP contribution in [-0.4, -0.2) is 64.1 Å². The maximum atomic E-state index is 14.3. The van der Waals surface area contributed by atoms with Gasteiger partial charge in [0.05, 0.1) is 19.2 Å². The Bertz CT molecular complexity index is 1090. The molecule has 9 nitrogen and oxygen atoms in total. The lowest BCUT2D eigenvalue weighted by atomic mass is 9.98. The Balaban J connectivity index is 1.79. The number of pyridine rings is 2.